The van der Waals surface area contributed by atoms with E-state index < -0.39 is 0 Å². The van der Waals surface area contributed by atoms with E-state index in [-0.39, 0.29) is 5.78 Å². The molecule has 0 fully saturated rings. The van der Waals surface area contributed by atoms with Crippen LogP contribution >= 0.6 is 23.2 Å². The summed E-state index contributed by atoms with van der Waals surface area (Å²) in [6.45, 7) is 5.60. The van der Waals surface area contributed by atoms with Crippen molar-refractivity contribution in [3.8, 4) is 0 Å². The Balaban J connectivity index is 3.19. The molecule has 0 unspecified atom stereocenters. The molecule has 1 rings (SSSR count). The Bertz CT molecular complexity index is 462. The fraction of sp³-hybridized carbons (Fsp3) is 0.357. The molecule has 0 aliphatic rings. The normalized spacial score (nSPS) is 11.7. The average Bonchev–Trinajstić information content (AvgIpc) is 2.24. The van der Waals surface area contributed by atoms with Crippen LogP contribution in [0, 0.1) is 6.92 Å². The van der Waals surface area contributed by atoms with Crippen molar-refractivity contribution in [3.63, 3.8) is 0 Å². The number of allylic oxidation sites excluding steroid dienone is 1. The number of rotatable bonds is 4. The quantitative estimate of drug-likeness (QED) is 0.698. The molecule has 3 heteroatoms. The molecule has 92 valence electrons. The predicted molar refractivity (Wildman–Crippen MR) is 74.8 cm³/mol. The highest BCUT2D eigenvalue weighted by Gasteiger charge is 2.06. The van der Waals surface area contributed by atoms with E-state index >= 15 is 0 Å². The average molecular weight is 271 g/mol. The number of carbonyl (C=O) groups excluding carboxylic acids is 1. The molecular formula is C14H16Cl2O. The molecule has 0 radical (unpaired) electrons. The molecular weight excluding hydrogens is 255 g/mol. The minimum Gasteiger partial charge on any atom is -0.295 e. The number of aryl methyl sites for hydroxylation is 1. The first kappa shape index (κ1) is 14.3. The highest BCUT2D eigenvalue weighted by Crippen LogP contribution is 2.27. The Morgan fingerprint density at radius 3 is 2.41 bits per heavy atom. The molecule has 0 atom stereocenters. The van der Waals surface area contributed by atoms with Crippen LogP contribution in [0.4, 0.5) is 0 Å². The van der Waals surface area contributed by atoms with E-state index in [9.17, 15) is 4.79 Å². The lowest BCUT2D eigenvalue weighted by atomic mass is 10.0. The second-order valence-electron chi connectivity index (χ2n) is 4.10. The van der Waals surface area contributed by atoms with E-state index in [4.69, 9.17) is 23.2 Å². The van der Waals surface area contributed by atoms with Crippen LogP contribution < -0.4 is 0 Å². The Kier molecular flexibility index (Phi) is 5.23. The Morgan fingerprint density at radius 1 is 1.29 bits per heavy atom. The van der Waals surface area contributed by atoms with Crippen molar-refractivity contribution in [2.45, 2.75) is 33.6 Å². The van der Waals surface area contributed by atoms with E-state index in [1.165, 1.54) is 0 Å². The van der Waals surface area contributed by atoms with Gasteiger partial charge in [-0.2, -0.15) is 0 Å². The van der Waals surface area contributed by atoms with Gasteiger partial charge in [-0.15, -0.1) is 0 Å². The van der Waals surface area contributed by atoms with Crippen molar-refractivity contribution >= 4 is 35.1 Å². The van der Waals surface area contributed by atoms with Gasteiger partial charge in [-0.25, -0.2) is 0 Å². The molecule has 1 nitrogen and oxygen atoms in total. The van der Waals surface area contributed by atoms with Crippen LogP contribution in [0.15, 0.2) is 17.7 Å². The van der Waals surface area contributed by atoms with Crippen molar-refractivity contribution < 1.29 is 4.79 Å². The second kappa shape index (κ2) is 6.23. The van der Waals surface area contributed by atoms with Crippen LogP contribution in [0.1, 0.15) is 37.8 Å². The summed E-state index contributed by atoms with van der Waals surface area (Å²) in [5, 5.41) is 1.06. The zero-order valence-electron chi connectivity index (χ0n) is 10.3. The highest BCUT2D eigenvalue weighted by molar-refractivity contribution is 6.42. The fourth-order valence-electron chi connectivity index (χ4n) is 1.62. The zero-order valence-corrected chi connectivity index (χ0v) is 11.8. The van der Waals surface area contributed by atoms with E-state index in [1.807, 2.05) is 19.1 Å². The monoisotopic (exact) mass is 270 g/mol. The van der Waals surface area contributed by atoms with Crippen LogP contribution in [0.3, 0.4) is 0 Å². The van der Waals surface area contributed by atoms with Gasteiger partial charge in [0.1, 0.15) is 0 Å². The number of Topliss-reactive ketones (excluding diaryl/α,β-unsaturated/α-hetero) is 1. The first-order valence-corrected chi connectivity index (χ1v) is 6.38. The standard InChI is InChI=1S/C14H16Cl2O/c1-4-5-11(10(3)17)7-12-8-14(16)13(15)6-9(12)2/h6-8H,4-5H2,1-3H3/b11-7+. The van der Waals surface area contributed by atoms with Gasteiger partial charge >= 0.3 is 0 Å². The molecule has 0 spiro atoms. The molecule has 0 bridgehead atoms. The SMILES string of the molecule is CCC/C(=C\c1cc(Cl)c(Cl)cc1C)C(C)=O. The first-order valence-electron chi connectivity index (χ1n) is 5.62. The van der Waals surface area contributed by atoms with Gasteiger partial charge in [0.05, 0.1) is 10.0 Å². The maximum Gasteiger partial charge on any atom is 0.155 e. The van der Waals surface area contributed by atoms with Gasteiger partial charge in [0.25, 0.3) is 0 Å². The van der Waals surface area contributed by atoms with Crippen molar-refractivity contribution in [1.82, 2.24) is 0 Å². The molecule has 0 saturated heterocycles. The van der Waals surface area contributed by atoms with E-state index in [1.54, 1.807) is 13.0 Å². The Hall–Kier alpha value is -0.790. The van der Waals surface area contributed by atoms with Gasteiger partial charge in [0.15, 0.2) is 5.78 Å². The van der Waals surface area contributed by atoms with Crippen LogP contribution in [0.25, 0.3) is 6.08 Å². The summed E-state index contributed by atoms with van der Waals surface area (Å²) in [5.41, 5.74) is 2.81. The summed E-state index contributed by atoms with van der Waals surface area (Å²) in [6.07, 6.45) is 3.64. The third kappa shape index (κ3) is 3.86. The largest absolute Gasteiger partial charge is 0.295 e. The minimum absolute atomic E-state index is 0.109. The maximum atomic E-state index is 11.5. The third-order valence-corrected chi connectivity index (χ3v) is 3.33. The third-order valence-electron chi connectivity index (χ3n) is 2.61. The summed E-state index contributed by atoms with van der Waals surface area (Å²) in [4.78, 5) is 11.5. The molecule has 17 heavy (non-hydrogen) atoms. The number of carbonyl (C=O) groups is 1. The number of ketones is 1. The molecule has 0 heterocycles. The number of hydrogen-bond donors (Lipinski definition) is 0. The molecule has 0 aromatic heterocycles. The second-order valence-corrected chi connectivity index (χ2v) is 4.91. The number of hydrogen-bond acceptors (Lipinski definition) is 1. The molecule has 0 N–H and O–H groups in total. The van der Waals surface area contributed by atoms with Crippen LogP contribution in [0.5, 0.6) is 0 Å². The molecule has 0 aliphatic carbocycles. The minimum atomic E-state index is 0.109. The molecule has 0 aliphatic heterocycles. The van der Waals surface area contributed by atoms with Gasteiger partial charge in [-0.1, -0.05) is 36.5 Å². The number of halogens is 2. The van der Waals surface area contributed by atoms with E-state index in [0.717, 1.165) is 29.5 Å². The lowest BCUT2D eigenvalue weighted by Crippen LogP contribution is -1.96. The predicted octanol–water partition coefficient (Wildman–Crippen LogP) is 5.07. The fourth-order valence-corrected chi connectivity index (χ4v) is 2.01. The Labute approximate surface area is 112 Å². The zero-order chi connectivity index (χ0) is 13.0. The smallest absolute Gasteiger partial charge is 0.155 e. The van der Waals surface area contributed by atoms with Crippen LogP contribution in [-0.2, 0) is 4.79 Å². The lowest BCUT2D eigenvalue weighted by Gasteiger charge is -2.06. The van der Waals surface area contributed by atoms with Crippen molar-refractivity contribution in [2.75, 3.05) is 0 Å². The van der Waals surface area contributed by atoms with Crippen molar-refractivity contribution in [2.24, 2.45) is 0 Å². The summed E-state index contributed by atoms with van der Waals surface area (Å²) >= 11 is 11.9. The van der Waals surface area contributed by atoms with Gasteiger partial charge in [-0.3, -0.25) is 4.79 Å². The van der Waals surface area contributed by atoms with Gasteiger partial charge < -0.3 is 0 Å². The van der Waals surface area contributed by atoms with Gasteiger partial charge in [0, 0.05) is 0 Å². The molecule has 1 aromatic carbocycles. The van der Waals surface area contributed by atoms with Crippen molar-refractivity contribution in [3.05, 3.63) is 38.9 Å². The van der Waals surface area contributed by atoms with E-state index in [2.05, 4.69) is 6.92 Å². The summed E-state index contributed by atoms with van der Waals surface area (Å²) in [6, 6.07) is 3.62. The summed E-state index contributed by atoms with van der Waals surface area (Å²) < 4.78 is 0. The number of benzene rings is 1. The topological polar surface area (TPSA) is 17.1 Å². The van der Waals surface area contributed by atoms with Crippen molar-refractivity contribution in [1.29, 1.82) is 0 Å². The van der Waals surface area contributed by atoms with Gasteiger partial charge in [-0.05, 0) is 55.2 Å². The van der Waals surface area contributed by atoms with Gasteiger partial charge in [0.2, 0.25) is 0 Å². The summed E-state index contributed by atoms with van der Waals surface area (Å²) in [7, 11) is 0. The lowest BCUT2D eigenvalue weighted by molar-refractivity contribution is -0.113. The van der Waals surface area contributed by atoms with Crippen LogP contribution in [-0.4, -0.2) is 5.78 Å². The van der Waals surface area contributed by atoms with Crippen LogP contribution in [0.2, 0.25) is 10.0 Å². The highest BCUT2D eigenvalue weighted by atomic mass is 35.5. The van der Waals surface area contributed by atoms with E-state index in [0.29, 0.717) is 10.0 Å². The molecule has 1 aromatic rings. The molecule has 0 amide bonds. The maximum absolute atomic E-state index is 11.5. The first-order chi connectivity index (χ1) is 7.95. The summed E-state index contributed by atoms with van der Waals surface area (Å²) in [5.74, 6) is 0.109. The molecule has 0 saturated carbocycles. The Morgan fingerprint density at radius 2 is 1.88 bits per heavy atom.